The van der Waals surface area contributed by atoms with Crippen LogP contribution < -0.4 is 0 Å². The highest BCUT2D eigenvalue weighted by atomic mass is 16.3. The molecule has 1 amide bonds. The van der Waals surface area contributed by atoms with Crippen molar-refractivity contribution in [3.63, 3.8) is 0 Å². The molecule has 1 atom stereocenters. The first-order valence-corrected chi connectivity index (χ1v) is 7.12. The Morgan fingerprint density at radius 3 is 2.84 bits per heavy atom. The van der Waals surface area contributed by atoms with Crippen molar-refractivity contribution in [2.75, 3.05) is 13.2 Å². The molecule has 2 rings (SSSR count). The molecule has 3 nitrogen and oxygen atoms in total. The van der Waals surface area contributed by atoms with Crippen LogP contribution in [0.4, 0.5) is 0 Å². The van der Waals surface area contributed by atoms with Gasteiger partial charge in [-0.1, -0.05) is 6.07 Å². The van der Waals surface area contributed by atoms with Gasteiger partial charge in [0.15, 0.2) is 0 Å². The smallest absolute Gasteiger partial charge is 0.254 e. The number of nitrogens with zero attached hydrogens (tertiary/aromatic N) is 1. The van der Waals surface area contributed by atoms with E-state index in [1.54, 1.807) is 0 Å². The Morgan fingerprint density at radius 1 is 1.37 bits per heavy atom. The molecule has 3 heteroatoms. The maximum atomic E-state index is 12.5. The van der Waals surface area contributed by atoms with Crippen molar-refractivity contribution in [1.82, 2.24) is 4.90 Å². The molecule has 0 radical (unpaired) electrons. The fourth-order valence-corrected chi connectivity index (χ4v) is 2.77. The van der Waals surface area contributed by atoms with E-state index in [4.69, 9.17) is 5.11 Å². The lowest BCUT2D eigenvalue weighted by atomic mass is 10.0. The second-order valence-corrected chi connectivity index (χ2v) is 5.46. The number of likely N-dealkylation sites (tertiary alicyclic amines) is 1. The van der Waals surface area contributed by atoms with Crippen LogP contribution in [0, 0.1) is 13.8 Å². The van der Waals surface area contributed by atoms with Crippen molar-refractivity contribution in [2.24, 2.45) is 0 Å². The molecule has 1 N–H and O–H groups in total. The van der Waals surface area contributed by atoms with E-state index in [-0.39, 0.29) is 12.5 Å². The zero-order valence-electron chi connectivity index (χ0n) is 11.9. The Labute approximate surface area is 115 Å². The number of hydrogen-bond donors (Lipinski definition) is 1. The van der Waals surface area contributed by atoms with Crippen molar-refractivity contribution in [3.05, 3.63) is 34.9 Å². The first-order valence-electron chi connectivity index (χ1n) is 7.12. The first kappa shape index (κ1) is 14.1. The van der Waals surface area contributed by atoms with Gasteiger partial charge in [0.1, 0.15) is 0 Å². The lowest BCUT2D eigenvalue weighted by Gasteiger charge is -2.25. The average molecular weight is 261 g/mol. The van der Waals surface area contributed by atoms with Crippen LogP contribution in [0.1, 0.15) is 47.2 Å². The molecular formula is C16H23NO2. The molecule has 0 bridgehead atoms. The van der Waals surface area contributed by atoms with Gasteiger partial charge in [0, 0.05) is 24.8 Å². The number of carbonyl (C=O) groups excluding carboxylic acids is 1. The molecule has 1 saturated heterocycles. The zero-order chi connectivity index (χ0) is 13.8. The minimum absolute atomic E-state index is 0.142. The topological polar surface area (TPSA) is 40.5 Å². The summed E-state index contributed by atoms with van der Waals surface area (Å²) in [5.41, 5.74) is 3.17. The first-order chi connectivity index (χ1) is 9.13. The minimum Gasteiger partial charge on any atom is -0.396 e. The Hall–Kier alpha value is -1.35. The lowest BCUT2D eigenvalue weighted by Crippen LogP contribution is -2.35. The molecule has 0 spiro atoms. The standard InChI is InChI=1S/C16H23NO2/c1-12-7-8-14(11-13(12)2)16(19)17-9-3-5-15(17)6-4-10-18/h7-8,11,15,18H,3-6,9-10H2,1-2H3. The van der Waals surface area contributed by atoms with Gasteiger partial charge in [-0.05, 0) is 62.8 Å². The maximum absolute atomic E-state index is 12.5. The molecule has 1 aromatic carbocycles. The molecule has 19 heavy (non-hydrogen) atoms. The summed E-state index contributed by atoms with van der Waals surface area (Å²) in [5.74, 6) is 0.142. The zero-order valence-corrected chi connectivity index (χ0v) is 11.9. The quantitative estimate of drug-likeness (QED) is 0.905. The number of hydrogen-bond acceptors (Lipinski definition) is 2. The summed E-state index contributed by atoms with van der Waals surface area (Å²) in [6, 6.07) is 6.23. The van der Waals surface area contributed by atoms with Gasteiger partial charge in [-0.25, -0.2) is 0 Å². The van der Waals surface area contributed by atoms with Crippen LogP contribution in [0.5, 0.6) is 0 Å². The van der Waals surface area contributed by atoms with Crippen LogP contribution in [0.15, 0.2) is 18.2 Å². The van der Waals surface area contributed by atoms with Gasteiger partial charge >= 0.3 is 0 Å². The summed E-state index contributed by atoms with van der Waals surface area (Å²) in [4.78, 5) is 14.5. The SMILES string of the molecule is Cc1ccc(C(=O)N2CCCC2CCCO)cc1C. The molecule has 0 aliphatic carbocycles. The largest absolute Gasteiger partial charge is 0.396 e. The van der Waals surface area contributed by atoms with Crippen molar-refractivity contribution in [1.29, 1.82) is 0 Å². The van der Waals surface area contributed by atoms with E-state index in [9.17, 15) is 4.79 Å². The highest BCUT2D eigenvalue weighted by Crippen LogP contribution is 2.24. The van der Waals surface area contributed by atoms with Gasteiger partial charge in [-0.2, -0.15) is 0 Å². The molecule has 1 fully saturated rings. The van der Waals surface area contributed by atoms with Gasteiger partial charge in [0.2, 0.25) is 0 Å². The van der Waals surface area contributed by atoms with E-state index < -0.39 is 0 Å². The second kappa shape index (κ2) is 6.20. The van der Waals surface area contributed by atoms with Crippen molar-refractivity contribution >= 4 is 5.91 Å². The van der Waals surface area contributed by atoms with Gasteiger partial charge < -0.3 is 10.0 Å². The van der Waals surface area contributed by atoms with Crippen LogP contribution in [0.3, 0.4) is 0 Å². The predicted molar refractivity (Wildman–Crippen MR) is 76.3 cm³/mol. The van der Waals surface area contributed by atoms with Crippen LogP contribution in [0.25, 0.3) is 0 Å². The lowest BCUT2D eigenvalue weighted by molar-refractivity contribution is 0.0724. The molecule has 1 unspecified atom stereocenters. The second-order valence-electron chi connectivity index (χ2n) is 5.46. The Balaban J connectivity index is 2.11. The van der Waals surface area contributed by atoms with E-state index in [0.29, 0.717) is 6.04 Å². The van der Waals surface area contributed by atoms with E-state index in [2.05, 4.69) is 6.92 Å². The third-order valence-electron chi connectivity index (χ3n) is 4.09. The van der Waals surface area contributed by atoms with Crippen LogP contribution >= 0.6 is 0 Å². The van der Waals surface area contributed by atoms with Crippen molar-refractivity contribution in [2.45, 2.75) is 45.6 Å². The number of rotatable bonds is 4. The van der Waals surface area contributed by atoms with E-state index in [1.165, 1.54) is 5.56 Å². The molecule has 1 aromatic rings. The Kier molecular flexibility index (Phi) is 4.59. The normalized spacial score (nSPS) is 18.9. The maximum Gasteiger partial charge on any atom is 0.254 e. The molecule has 0 aromatic heterocycles. The highest BCUT2D eigenvalue weighted by molar-refractivity contribution is 5.94. The molecule has 1 aliphatic rings. The van der Waals surface area contributed by atoms with Gasteiger partial charge in [0.25, 0.3) is 5.91 Å². The number of aryl methyl sites for hydroxylation is 2. The number of aliphatic hydroxyl groups is 1. The van der Waals surface area contributed by atoms with E-state index >= 15 is 0 Å². The van der Waals surface area contributed by atoms with Crippen molar-refractivity contribution in [3.8, 4) is 0 Å². The number of benzene rings is 1. The number of carbonyl (C=O) groups is 1. The van der Waals surface area contributed by atoms with Crippen LogP contribution in [-0.4, -0.2) is 35.1 Å². The monoisotopic (exact) mass is 261 g/mol. The minimum atomic E-state index is 0.142. The summed E-state index contributed by atoms with van der Waals surface area (Å²) in [6.07, 6.45) is 3.83. The molecular weight excluding hydrogens is 238 g/mol. The summed E-state index contributed by atoms with van der Waals surface area (Å²) >= 11 is 0. The average Bonchev–Trinajstić information content (AvgIpc) is 2.87. The third-order valence-corrected chi connectivity index (χ3v) is 4.09. The Bertz CT molecular complexity index is 456. The van der Waals surface area contributed by atoms with Gasteiger partial charge in [-0.15, -0.1) is 0 Å². The summed E-state index contributed by atoms with van der Waals surface area (Å²) in [7, 11) is 0. The molecule has 104 valence electrons. The van der Waals surface area contributed by atoms with Crippen LogP contribution in [-0.2, 0) is 0 Å². The highest BCUT2D eigenvalue weighted by Gasteiger charge is 2.28. The molecule has 1 aliphatic heterocycles. The summed E-state index contributed by atoms with van der Waals surface area (Å²) in [5, 5.41) is 8.93. The Morgan fingerprint density at radius 2 is 2.16 bits per heavy atom. The van der Waals surface area contributed by atoms with E-state index in [0.717, 1.165) is 43.4 Å². The van der Waals surface area contributed by atoms with Gasteiger partial charge in [0.05, 0.1) is 0 Å². The molecule has 1 heterocycles. The van der Waals surface area contributed by atoms with Crippen LogP contribution in [0.2, 0.25) is 0 Å². The third kappa shape index (κ3) is 3.16. The summed E-state index contributed by atoms with van der Waals surface area (Å²) < 4.78 is 0. The summed E-state index contributed by atoms with van der Waals surface area (Å²) in [6.45, 7) is 5.16. The number of aliphatic hydroxyl groups excluding tert-OH is 1. The van der Waals surface area contributed by atoms with Crippen molar-refractivity contribution < 1.29 is 9.90 Å². The fourth-order valence-electron chi connectivity index (χ4n) is 2.77. The fraction of sp³-hybridized carbons (Fsp3) is 0.562. The predicted octanol–water partition coefficient (Wildman–Crippen LogP) is 2.68. The van der Waals surface area contributed by atoms with E-state index in [1.807, 2.05) is 30.0 Å². The van der Waals surface area contributed by atoms with Gasteiger partial charge in [-0.3, -0.25) is 4.79 Å². The number of amides is 1. The molecule has 0 saturated carbocycles.